The third kappa shape index (κ3) is 5.35. The third-order valence-electron chi connectivity index (χ3n) is 4.95. The molecule has 0 fully saturated rings. The highest BCUT2D eigenvalue weighted by Crippen LogP contribution is 2.25. The Bertz CT molecular complexity index is 1360. The van der Waals surface area contributed by atoms with Gasteiger partial charge in [-0.05, 0) is 45.8 Å². The Morgan fingerprint density at radius 1 is 0.886 bits per heavy atom. The minimum absolute atomic E-state index is 0.0280. The van der Waals surface area contributed by atoms with Gasteiger partial charge in [-0.25, -0.2) is 22.0 Å². The minimum atomic E-state index is -2.23. The number of rotatable bonds is 7. The first-order valence-corrected chi connectivity index (χ1v) is 10.8. The zero-order valence-corrected chi connectivity index (χ0v) is 19.3. The Balaban J connectivity index is 1.39. The van der Waals surface area contributed by atoms with Crippen LogP contribution in [-0.2, 0) is 13.2 Å². The lowest BCUT2D eigenvalue weighted by Crippen LogP contribution is -2.14. The summed E-state index contributed by atoms with van der Waals surface area (Å²) in [5, 5.41) is 6.42. The monoisotopic (exact) mass is 551 g/mol. The maximum absolute atomic E-state index is 13.9. The lowest BCUT2D eigenvalue weighted by molar-refractivity contribution is 0.102. The highest BCUT2D eigenvalue weighted by molar-refractivity contribution is 9.10. The Hall–Kier alpha value is -3.73. The lowest BCUT2D eigenvalue weighted by Gasteiger charge is -2.09. The quantitative estimate of drug-likeness (QED) is 0.168. The van der Waals surface area contributed by atoms with E-state index < -0.39 is 47.1 Å². The third-order valence-corrected chi connectivity index (χ3v) is 5.61. The van der Waals surface area contributed by atoms with Gasteiger partial charge in [-0.1, -0.05) is 24.3 Å². The van der Waals surface area contributed by atoms with E-state index in [-0.39, 0.29) is 12.4 Å². The average Bonchev–Trinajstić information content (AvgIpc) is 3.30. The van der Waals surface area contributed by atoms with Gasteiger partial charge in [0.1, 0.15) is 12.4 Å². The van der Waals surface area contributed by atoms with Gasteiger partial charge in [0.2, 0.25) is 5.82 Å². The van der Waals surface area contributed by atoms with E-state index in [1.807, 2.05) is 24.3 Å². The van der Waals surface area contributed by atoms with Crippen LogP contribution in [0.1, 0.15) is 21.5 Å². The summed E-state index contributed by atoms with van der Waals surface area (Å²) in [4.78, 5) is 12.5. The van der Waals surface area contributed by atoms with Gasteiger partial charge in [0.15, 0.2) is 29.1 Å². The van der Waals surface area contributed by atoms with Crippen molar-refractivity contribution in [3.05, 3.63) is 111 Å². The number of ether oxygens (including phenoxy) is 1. The Kier molecular flexibility index (Phi) is 7.15. The topological polar surface area (TPSA) is 56.2 Å². The van der Waals surface area contributed by atoms with Crippen LogP contribution in [0.5, 0.6) is 5.75 Å². The number of hydrogen-bond donors (Lipinski definition) is 1. The first-order valence-electron chi connectivity index (χ1n) is 10.1. The van der Waals surface area contributed by atoms with Gasteiger partial charge in [0.25, 0.3) is 5.91 Å². The van der Waals surface area contributed by atoms with Crippen molar-refractivity contribution >= 4 is 27.7 Å². The number of para-hydroxylation sites is 1. The fourth-order valence-electron chi connectivity index (χ4n) is 3.13. The van der Waals surface area contributed by atoms with Gasteiger partial charge in [-0.3, -0.25) is 9.48 Å². The predicted octanol–water partition coefficient (Wildman–Crippen LogP) is 6.22. The van der Waals surface area contributed by atoms with E-state index in [4.69, 9.17) is 4.74 Å². The number of nitrogens with zero attached hydrogens (tertiary/aromatic N) is 2. The summed E-state index contributed by atoms with van der Waals surface area (Å²) in [6.07, 6.45) is 1.23. The van der Waals surface area contributed by atoms with Gasteiger partial charge < -0.3 is 10.1 Å². The van der Waals surface area contributed by atoms with Crippen LogP contribution in [0.2, 0.25) is 0 Å². The fraction of sp³-hybridized carbons (Fsp3) is 0.0833. The molecule has 4 rings (SSSR count). The summed E-state index contributed by atoms with van der Waals surface area (Å²) >= 11 is 3.40. The summed E-state index contributed by atoms with van der Waals surface area (Å²) in [6, 6.07) is 15.3. The van der Waals surface area contributed by atoms with Crippen LogP contribution >= 0.6 is 15.9 Å². The van der Waals surface area contributed by atoms with E-state index in [0.717, 1.165) is 14.7 Å². The van der Waals surface area contributed by atoms with Gasteiger partial charge in [0.05, 0.1) is 16.6 Å². The van der Waals surface area contributed by atoms with E-state index in [9.17, 15) is 26.7 Å². The average molecular weight is 552 g/mol. The molecule has 5 nitrogen and oxygen atoms in total. The molecule has 0 saturated carbocycles. The van der Waals surface area contributed by atoms with Crippen molar-refractivity contribution in [1.82, 2.24) is 9.78 Å². The zero-order valence-electron chi connectivity index (χ0n) is 17.7. The summed E-state index contributed by atoms with van der Waals surface area (Å²) in [5.74, 6) is -9.99. The molecule has 4 aromatic rings. The van der Waals surface area contributed by atoms with E-state index in [1.54, 1.807) is 24.3 Å². The van der Waals surface area contributed by atoms with Crippen molar-refractivity contribution in [3.8, 4) is 5.75 Å². The molecule has 0 unspecified atom stereocenters. The van der Waals surface area contributed by atoms with Crippen LogP contribution in [0.3, 0.4) is 0 Å². The Labute approximate surface area is 204 Å². The lowest BCUT2D eigenvalue weighted by atomic mass is 10.1. The number of hydrogen-bond acceptors (Lipinski definition) is 3. The number of carbonyl (C=O) groups is 1. The Morgan fingerprint density at radius 3 is 2.17 bits per heavy atom. The molecule has 3 aromatic carbocycles. The molecule has 1 amide bonds. The number of amides is 1. The molecule has 11 heteroatoms. The van der Waals surface area contributed by atoms with E-state index in [1.165, 1.54) is 12.3 Å². The van der Waals surface area contributed by atoms with E-state index in [2.05, 4.69) is 26.3 Å². The summed E-state index contributed by atoms with van der Waals surface area (Å²) in [6.45, 7) is -0.444. The van der Waals surface area contributed by atoms with Crippen LogP contribution in [0.4, 0.5) is 27.8 Å². The highest BCUT2D eigenvalue weighted by atomic mass is 79.9. The van der Waals surface area contributed by atoms with Gasteiger partial charge in [-0.15, -0.1) is 0 Å². The molecule has 0 bridgehead atoms. The molecule has 0 spiro atoms. The number of anilines is 1. The normalized spacial score (nSPS) is 10.9. The number of aromatic nitrogens is 2. The standard InChI is InChI=1S/C24H15BrF5N3O2/c25-16-3-1-2-4-17(16)35-12-13-5-7-14(8-6-13)24(34)31-18-9-10-33(32-18)11-15-19(26)21(28)23(30)22(29)20(15)27/h1-10H,11-12H2,(H,31,32,34). The molecular weight excluding hydrogens is 537 g/mol. The second kappa shape index (κ2) is 10.3. The fourth-order valence-corrected chi connectivity index (χ4v) is 3.53. The van der Waals surface area contributed by atoms with Crippen LogP contribution in [-0.4, -0.2) is 15.7 Å². The maximum Gasteiger partial charge on any atom is 0.256 e. The molecule has 0 saturated heterocycles. The van der Waals surface area contributed by atoms with Crippen LogP contribution in [0, 0.1) is 29.1 Å². The first kappa shape index (κ1) is 24.4. The molecule has 0 radical (unpaired) electrons. The van der Waals surface area contributed by atoms with E-state index >= 15 is 0 Å². The molecule has 1 aromatic heterocycles. The minimum Gasteiger partial charge on any atom is -0.488 e. The molecule has 0 aliphatic carbocycles. The van der Waals surface area contributed by atoms with Gasteiger partial charge in [-0.2, -0.15) is 5.10 Å². The van der Waals surface area contributed by atoms with Crippen molar-refractivity contribution in [3.63, 3.8) is 0 Å². The molecule has 1 heterocycles. The molecule has 1 N–H and O–H groups in total. The molecular formula is C24H15BrF5N3O2. The van der Waals surface area contributed by atoms with Gasteiger partial charge >= 0.3 is 0 Å². The number of carbonyl (C=O) groups excluding carboxylic acids is 1. The molecule has 0 aliphatic rings. The van der Waals surface area contributed by atoms with Crippen molar-refractivity contribution < 1.29 is 31.5 Å². The largest absolute Gasteiger partial charge is 0.488 e. The van der Waals surface area contributed by atoms with Gasteiger partial charge in [0, 0.05) is 17.8 Å². The van der Waals surface area contributed by atoms with Crippen LogP contribution in [0.25, 0.3) is 0 Å². The number of nitrogens with one attached hydrogen (secondary N) is 1. The zero-order chi connectivity index (χ0) is 25.1. The second-order valence-electron chi connectivity index (χ2n) is 7.32. The van der Waals surface area contributed by atoms with Crippen LogP contribution < -0.4 is 10.1 Å². The Morgan fingerprint density at radius 2 is 1.51 bits per heavy atom. The first-order chi connectivity index (χ1) is 16.7. The molecule has 180 valence electrons. The van der Waals surface area contributed by atoms with Crippen molar-refractivity contribution in [2.24, 2.45) is 0 Å². The summed E-state index contributed by atoms with van der Waals surface area (Å²) in [7, 11) is 0. The van der Waals surface area contributed by atoms with Crippen LogP contribution in [0.15, 0.2) is 65.3 Å². The summed E-state index contributed by atoms with van der Waals surface area (Å²) in [5.41, 5.74) is 0.0936. The van der Waals surface area contributed by atoms with Crippen molar-refractivity contribution in [2.45, 2.75) is 13.2 Å². The maximum atomic E-state index is 13.9. The SMILES string of the molecule is O=C(Nc1ccn(Cc2c(F)c(F)c(F)c(F)c2F)n1)c1ccc(COc2ccccc2Br)cc1. The number of halogens is 6. The van der Waals surface area contributed by atoms with E-state index in [0.29, 0.717) is 11.3 Å². The predicted molar refractivity (Wildman–Crippen MR) is 120 cm³/mol. The molecule has 35 heavy (non-hydrogen) atoms. The molecule has 0 aliphatic heterocycles. The van der Waals surface area contributed by atoms with Crippen molar-refractivity contribution in [1.29, 1.82) is 0 Å². The summed E-state index contributed by atoms with van der Waals surface area (Å²) < 4.78 is 75.2. The second-order valence-corrected chi connectivity index (χ2v) is 8.17. The van der Waals surface area contributed by atoms with Crippen molar-refractivity contribution in [2.75, 3.05) is 5.32 Å². The smallest absolute Gasteiger partial charge is 0.256 e. The number of benzene rings is 3. The highest BCUT2D eigenvalue weighted by Gasteiger charge is 2.26. The molecule has 0 atom stereocenters.